The van der Waals surface area contributed by atoms with Crippen LogP contribution in [0, 0.1) is 5.92 Å². The van der Waals surface area contributed by atoms with Gasteiger partial charge in [-0.05, 0) is 59.8 Å². The Bertz CT molecular complexity index is 552. The number of carbonyl (C=O) groups is 1. The van der Waals surface area contributed by atoms with Crippen molar-refractivity contribution in [2.24, 2.45) is 5.92 Å². The van der Waals surface area contributed by atoms with E-state index in [9.17, 15) is 13.2 Å². The summed E-state index contributed by atoms with van der Waals surface area (Å²) in [5, 5.41) is 0. The Labute approximate surface area is 152 Å². The molecule has 1 aliphatic heterocycles. The minimum absolute atomic E-state index is 0.0596. The molecule has 0 radical (unpaired) electrons. The van der Waals surface area contributed by atoms with E-state index in [2.05, 4.69) is 6.92 Å². The van der Waals surface area contributed by atoms with Crippen LogP contribution < -0.4 is 0 Å². The lowest BCUT2D eigenvalue weighted by molar-refractivity contribution is -0.0630. The first-order chi connectivity index (χ1) is 11.2. The molecule has 0 aliphatic carbocycles. The van der Waals surface area contributed by atoms with E-state index >= 15 is 0 Å². The summed E-state index contributed by atoms with van der Waals surface area (Å²) in [6, 6.07) is -0.0596. The first-order valence-electron chi connectivity index (χ1n) is 8.72. The lowest BCUT2D eigenvalue weighted by atomic mass is 9.96. The van der Waals surface area contributed by atoms with Crippen molar-refractivity contribution in [2.75, 3.05) is 19.5 Å². The third kappa shape index (κ3) is 7.92. The molecule has 148 valence electrons. The van der Waals surface area contributed by atoms with E-state index in [4.69, 9.17) is 13.7 Å². The van der Waals surface area contributed by atoms with Crippen molar-refractivity contribution in [3.63, 3.8) is 0 Å². The quantitative estimate of drug-likeness (QED) is 0.499. The summed E-state index contributed by atoms with van der Waals surface area (Å²) in [6.07, 6.45) is 2.91. The van der Waals surface area contributed by atoms with Crippen molar-refractivity contribution >= 4 is 16.2 Å². The van der Waals surface area contributed by atoms with Gasteiger partial charge in [-0.1, -0.05) is 6.92 Å². The second-order valence-electron chi connectivity index (χ2n) is 8.27. The molecule has 0 aromatic heterocycles. The molecule has 25 heavy (non-hydrogen) atoms. The van der Waals surface area contributed by atoms with Gasteiger partial charge in [0, 0.05) is 0 Å². The number of amides is 1. The number of rotatable bonds is 7. The van der Waals surface area contributed by atoms with Gasteiger partial charge in [0.15, 0.2) is 0 Å². The summed E-state index contributed by atoms with van der Waals surface area (Å²) in [4.78, 5) is 14.3. The normalized spacial score (nSPS) is 22.0. The Kier molecular flexibility index (Phi) is 7.30. The Hall–Kier alpha value is -0.860. The maximum Gasteiger partial charge on any atom is 0.412 e. The maximum absolute atomic E-state index is 12.6. The third-order valence-corrected chi connectivity index (χ3v) is 4.57. The molecule has 1 aliphatic rings. The fourth-order valence-electron chi connectivity index (χ4n) is 2.96. The molecular formula is C17H33NO6S. The number of nitrogens with zero attached hydrogens (tertiary/aromatic N) is 1. The molecule has 1 rings (SSSR count). The summed E-state index contributed by atoms with van der Waals surface area (Å²) in [6.45, 7) is 12.0. The molecule has 8 heteroatoms. The van der Waals surface area contributed by atoms with Gasteiger partial charge in [0.05, 0.1) is 25.5 Å². The Morgan fingerprint density at radius 1 is 1.36 bits per heavy atom. The monoisotopic (exact) mass is 379 g/mol. The topological polar surface area (TPSA) is 82.1 Å². The van der Waals surface area contributed by atoms with Gasteiger partial charge in [-0.25, -0.2) is 4.79 Å². The van der Waals surface area contributed by atoms with Crippen LogP contribution in [0.1, 0.15) is 60.8 Å². The summed E-state index contributed by atoms with van der Waals surface area (Å²) < 4.78 is 38.0. The van der Waals surface area contributed by atoms with Crippen LogP contribution in [0.15, 0.2) is 0 Å². The number of hydrogen-bond acceptors (Lipinski definition) is 6. The van der Waals surface area contributed by atoms with Gasteiger partial charge < -0.3 is 9.47 Å². The molecule has 0 N–H and O–H groups in total. The average molecular weight is 380 g/mol. The van der Waals surface area contributed by atoms with Crippen molar-refractivity contribution in [1.29, 1.82) is 0 Å². The van der Waals surface area contributed by atoms with E-state index in [-0.39, 0.29) is 18.7 Å². The molecule has 1 amide bonds. The Balaban J connectivity index is 2.59. The van der Waals surface area contributed by atoms with Crippen molar-refractivity contribution in [3.05, 3.63) is 0 Å². The largest absolute Gasteiger partial charge is 0.444 e. The molecule has 1 fully saturated rings. The minimum Gasteiger partial charge on any atom is -0.444 e. The van der Waals surface area contributed by atoms with Gasteiger partial charge >= 0.3 is 6.09 Å². The van der Waals surface area contributed by atoms with Gasteiger partial charge in [-0.15, -0.1) is 0 Å². The van der Waals surface area contributed by atoms with E-state index in [0.717, 1.165) is 19.1 Å². The predicted molar refractivity (Wildman–Crippen MR) is 95.7 cm³/mol. The van der Waals surface area contributed by atoms with Crippen molar-refractivity contribution in [3.8, 4) is 0 Å². The summed E-state index contributed by atoms with van der Waals surface area (Å²) >= 11 is 0. The van der Waals surface area contributed by atoms with Crippen LogP contribution in [0.25, 0.3) is 0 Å². The van der Waals surface area contributed by atoms with E-state index < -0.39 is 21.4 Å². The first-order valence-corrected chi connectivity index (χ1v) is 10.5. The fraction of sp³-hybridized carbons (Fsp3) is 0.941. The summed E-state index contributed by atoms with van der Waals surface area (Å²) in [5.74, 6) is 0.301. The summed E-state index contributed by atoms with van der Waals surface area (Å²) in [7, 11) is -3.39. The molecule has 1 saturated heterocycles. The van der Waals surface area contributed by atoms with E-state index in [1.165, 1.54) is 0 Å². The van der Waals surface area contributed by atoms with Crippen LogP contribution in [-0.4, -0.2) is 56.2 Å². The van der Waals surface area contributed by atoms with Crippen LogP contribution in [0.5, 0.6) is 0 Å². The summed E-state index contributed by atoms with van der Waals surface area (Å²) in [5.41, 5.74) is -1.26. The zero-order valence-corrected chi connectivity index (χ0v) is 17.3. The predicted octanol–water partition coefficient (Wildman–Crippen LogP) is 3.14. The molecular weight excluding hydrogens is 346 g/mol. The lowest BCUT2D eigenvalue weighted by Crippen LogP contribution is -2.50. The second-order valence-corrected chi connectivity index (χ2v) is 9.92. The highest BCUT2D eigenvalue weighted by molar-refractivity contribution is 7.85. The van der Waals surface area contributed by atoms with E-state index in [1.54, 1.807) is 4.90 Å². The van der Waals surface area contributed by atoms with Crippen molar-refractivity contribution < 1.29 is 26.9 Å². The van der Waals surface area contributed by atoms with Gasteiger partial charge in [-0.2, -0.15) is 8.42 Å². The SMILES string of the molecule is CC(CCCOS(C)(=O)=O)CC1COC(C)(C)N1C(=O)OC(C)(C)C. The molecule has 2 atom stereocenters. The highest BCUT2D eigenvalue weighted by Crippen LogP contribution is 2.33. The molecule has 0 bridgehead atoms. The second kappa shape index (κ2) is 8.22. The van der Waals surface area contributed by atoms with Crippen LogP contribution in [0.2, 0.25) is 0 Å². The molecule has 2 unspecified atom stereocenters. The first kappa shape index (κ1) is 22.2. The fourth-order valence-corrected chi connectivity index (χ4v) is 3.38. The smallest absolute Gasteiger partial charge is 0.412 e. The third-order valence-electron chi connectivity index (χ3n) is 3.98. The molecule has 0 spiro atoms. The highest BCUT2D eigenvalue weighted by atomic mass is 32.2. The van der Waals surface area contributed by atoms with Crippen molar-refractivity contribution in [2.45, 2.75) is 78.2 Å². The zero-order chi connectivity index (χ0) is 19.5. The van der Waals surface area contributed by atoms with Gasteiger partial charge in [-0.3, -0.25) is 9.08 Å². The van der Waals surface area contributed by atoms with Crippen LogP contribution in [-0.2, 0) is 23.8 Å². The number of hydrogen-bond donors (Lipinski definition) is 0. The van der Waals surface area contributed by atoms with Crippen LogP contribution in [0.4, 0.5) is 4.79 Å². The molecule has 0 saturated carbocycles. The number of carbonyl (C=O) groups excluding carboxylic acids is 1. The molecule has 1 heterocycles. The molecule has 0 aromatic carbocycles. The molecule has 7 nitrogen and oxygen atoms in total. The maximum atomic E-state index is 12.6. The standard InChI is InChI=1S/C17H33NO6S/c1-13(9-8-10-23-25(7,20)21)11-14-12-22-17(5,6)18(14)15(19)24-16(2,3)4/h13-14H,8-12H2,1-7H3. The highest BCUT2D eigenvalue weighted by Gasteiger charge is 2.45. The Morgan fingerprint density at radius 2 is 1.96 bits per heavy atom. The van der Waals surface area contributed by atoms with E-state index in [1.807, 2.05) is 34.6 Å². The minimum atomic E-state index is -3.39. The Morgan fingerprint density at radius 3 is 2.48 bits per heavy atom. The van der Waals surface area contributed by atoms with Crippen LogP contribution in [0.3, 0.4) is 0 Å². The van der Waals surface area contributed by atoms with Crippen LogP contribution >= 0.6 is 0 Å². The van der Waals surface area contributed by atoms with E-state index in [0.29, 0.717) is 18.9 Å². The van der Waals surface area contributed by atoms with Gasteiger partial charge in [0.1, 0.15) is 11.3 Å². The van der Waals surface area contributed by atoms with Gasteiger partial charge in [0.25, 0.3) is 10.1 Å². The molecule has 0 aromatic rings. The number of ether oxygens (including phenoxy) is 2. The average Bonchev–Trinajstić information content (AvgIpc) is 2.66. The lowest BCUT2D eigenvalue weighted by Gasteiger charge is -2.35. The van der Waals surface area contributed by atoms with Crippen molar-refractivity contribution in [1.82, 2.24) is 4.90 Å². The zero-order valence-electron chi connectivity index (χ0n) is 16.5. The van der Waals surface area contributed by atoms with Gasteiger partial charge in [0.2, 0.25) is 0 Å².